The highest BCUT2D eigenvalue weighted by Gasteiger charge is 2.25. The Morgan fingerprint density at radius 2 is 1.94 bits per heavy atom. The Morgan fingerprint density at radius 3 is 2.56 bits per heavy atom. The Kier molecular flexibility index (Phi) is 3.80. The van der Waals surface area contributed by atoms with Crippen molar-refractivity contribution >= 4 is 11.3 Å². The predicted molar refractivity (Wildman–Crippen MR) is 73.6 cm³/mol. The van der Waals surface area contributed by atoms with Gasteiger partial charge in [-0.25, -0.2) is 4.98 Å². The number of aromatic nitrogens is 1. The van der Waals surface area contributed by atoms with Crippen molar-refractivity contribution in [1.82, 2.24) is 4.98 Å². The minimum atomic E-state index is -1.10. The second-order valence-corrected chi connectivity index (χ2v) is 5.81. The molecule has 0 saturated carbocycles. The van der Waals surface area contributed by atoms with Crippen molar-refractivity contribution in [2.24, 2.45) is 0 Å². The molecular weight excluding hydrogens is 246 g/mol. The van der Waals surface area contributed by atoms with Crippen molar-refractivity contribution in [2.45, 2.75) is 32.0 Å². The first-order valence-corrected chi connectivity index (χ1v) is 6.75. The molecule has 2 rings (SSSR count). The van der Waals surface area contributed by atoms with Crippen LogP contribution in [-0.4, -0.2) is 26.9 Å². The topological polar surface area (TPSA) is 53.4 Å². The summed E-state index contributed by atoms with van der Waals surface area (Å²) in [7, 11) is 0. The van der Waals surface area contributed by atoms with Crippen LogP contribution in [0.15, 0.2) is 35.7 Å². The van der Waals surface area contributed by atoms with Gasteiger partial charge >= 0.3 is 0 Å². The number of benzene rings is 1. The van der Waals surface area contributed by atoms with Crippen LogP contribution >= 0.6 is 11.3 Å². The summed E-state index contributed by atoms with van der Waals surface area (Å²) in [6.07, 6.45) is -0.423. The Balaban J connectivity index is 2.12. The lowest BCUT2D eigenvalue weighted by Gasteiger charge is -2.23. The Morgan fingerprint density at radius 1 is 1.28 bits per heavy atom. The van der Waals surface area contributed by atoms with E-state index < -0.39 is 11.7 Å². The lowest BCUT2D eigenvalue weighted by Crippen LogP contribution is -2.37. The van der Waals surface area contributed by atoms with Gasteiger partial charge in [0.1, 0.15) is 0 Å². The van der Waals surface area contributed by atoms with Crippen molar-refractivity contribution in [3.8, 4) is 11.3 Å². The van der Waals surface area contributed by atoms with Gasteiger partial charge in [0.25, 0.3) is 0 Å². The van der Waals surface area contributed by atoms with E-state index in [1.165, 1.54) is 11.3 Å². The number of rotatable bonds is 4. The Labute approximate surface area is 111 Å². The largest absolute Gasteiger partial charge is 0.390 e. The zero-order valence-electron chi connectivity index (χ0n) is 10.5. The molecule has 96 valence electrons. The number of thiazole rings is 1. The molecule has 2 N–H and O–H groups in total. The van der Waals surface area contributed by atoms with Crippen LogP contribution in [0.5, 0.6) is 0 Å². The van der Waals surface area contributed by atoms with E-state index in [0.29, 0.717) is 6.42 Å². The first kappa shape index (κ1) is 13.2. The second-order valence-electron chi connectivity index (χ2n) is 4.87. The summed E-state index contributed by atoms with van der Waals surface area (Å²) in [5.74, 6) is 0. The molecular formula is C14H17NO2S. The number of aliphatic hydroxyl groups excluding tert-OH is 1. The van der Waals surface area contributed by atoms with E-state index in [1.807, 2.05) is 35.7 Å². The van der Waals surface area contributed by atoms with E-state index in [-0.39, 0.29) is 0 Å². The minimum Gasteiger partial charge on any atom is -0.390 e. The number of aliphatic hydroxyl groups is 2. The maximum Gasteiger partial charge on any atom is 0.0959 e. The van der Waals surface area contributed by atoms with Crippen molar-refractivity contribution < 1.29 is 10.2 Å². The van der Waals surface area contributed by atoms with Crippen LogP contribution in [-0.2, 0) is 6.42 Å². The third-order valence-corrected chi connectivity index (χ3v) is 3.68. The van der Waals surface area contributed by atoms with Crippen molar-refractivity contribution in [3.63, 3.8) is 0 Å². The summed E-state index contributed by atoms with van der Waals surface area (Å²) in [5, 5.41) is 22.3. The van der Waals surface area contributed by atoms with E-state index in [2.05, 4.69) is 4.98 Å². The zero-order chi connectivity index (χ0) is 13.2. The van der Waals surface area contributed by atoms with Gasteiger partial charge in [0.2, 0.25) is 0 Å². The SMILES string of the molecule is CC(C)(O)C(O)Cc1nc(-c2ccccc2)cs1. The third kappa shape index (κ3) is 3.16. The highest BCUT2D eigenvalue weighted by atomic mass is 32.1. The molecule has 0 bridgehead atoms. The van der Waals surface area contributed by atoms with E-state index in [4.69, 9.17) is 0 Å². The minimum absolute atomic E-state index is 0.376. The molecule has 0 spiro atoms. The van der Waals surface area contributed by atoms with Crippen molar-refractivity contribution in [3.05, 3.63) is 40.7 Å². The average molecular weight is 263 g/mol. The Bertz CT molecular complexity index is 502. The molecule has 0 aliphatic carbocycles. The molecule has 0 saturated heterocycles. The fourth-order valence-corrected chi connectivity index (χ4v) is 2.40. The molecule has 0 radical (unpaired) electrons. The maximum absolute atomic E-state index is 9.84. The smallest absolute Gasteiger partial charge is 0.0959 e. The average Bonchev–Trinajstić information content (AvgIpc) is 2.77. The maximum atomic E-state index is 9.84. The number of hydrogen-bond donors (Lipinski definition) is 2. The zero-order valence-corrected chi connectivity index (χ0v) is 11.3. The predicted octanol–water partition coefficient (Wildman–Crippen LogP) is 2.48. The fraction of sp³-hybridized carbons (Fsp3) is 0.357. The molecule has 1 unspecified atom stereocenters. The first-order chi connectivity index (χ1) is 8.47. The van der Waals surface area contributed by atoms with Gasteiger partial charge in [-0.1, -0.05) is 30.3 Å². The highest BCUT2D eigenvalue weighted by molar-refractivity contribution is 7.09. The fourth-order valence-electron chi connectivity index (χ4n) is 1.56. The molecule has 3 nitrogen and oxygen atoms in total. The molecule has 1 heterocycles. The summed E-state index contributed by atoms with van der Waals surface area (Å²) in [4.78, 5) is 4.48. The van der Waals surface area contributed by atoms with Crippen LogP contribution in [0.2, 0.25) is 0 Å². The van der Waals surface area contributed by atoms with Gasteiger partial charge in [-0.05, 0) is 13.8 Å². The second kappa shape index (κ2) is 5.18. The van der Waals surface area contributed by atoms with E-state index >= 15 is 0 Å². The van der Waals surface area contributed by atoms with Crippen molar-refractivity contribution in [1.29, 1.82) is 0 Å². The summed E-state index contributed by atoms with van der Waals surface area (Å²) < 4.78 is 0. The number of hydrogen-bond acceptors (Lipinski definition) is 4. The molecule has 0 amide bonds. The van der Waals surface area contributed by atoms with Crippen LogP contribution < -0.4 is 0 Å². The van der Waals surface area contributed by atoms with E-state index in [9.17, 15) is 10.2 Å². The van der Waals surface area contributed by atoms with Gasteiger partial charge in [-0.2, -0.15) is 0 Å². The van der Waals surface area contributed by atoms with Crippen LogP contribution in [0.25, 0.3) is 11.3 Å². The molecule has 2 aromatic rings. The summed E-state index contributed by atoms with van der Waals surface area (Å²) in [5.41, 5.74) is 0.884. The quantitative estimate of drug-likeness (QED) is 0.891. The van der Waals surface area contributed by atoms with E-state index in [0.717, 1.165) is 16.3 Å². The van der Waals surface area contributed by atoms with Crippen LogP contribution in [0, 0.1) is 0 Å². The summed E-state index contributed by atoms with van der Waals surface area (Å²) in [6.45, 7) is 3.20. The molecule has 0 fully saturated rings. The molecule has 0 aliphatic heterocycles. The molecule has 1 atom stereocenters. The van der Waals surface area contributed by atoms with Crippen LogP contribution in [0.3, 0.4) is 0 Å². The van der Waals surface area contributed by atoms with Gasteiger partial charge in [-0.3, -0.25) is 0 Å². The molecule has 4 heteroatoms. The lowest BCUT2D eigenvalue weighted by atomic mass is 10.00. The molecule has 1 aromatic heterocycles. The lowest BCUT2D eigenvalue weighted by molar-refractivity contribution is -0.0469. The monoisotopic (exact) mass is 263 g/mol. The van der Waals surface area contributed by atoms with Crippen LogP contribution in [0.4, 0.5) is 0 Å². The highest BCUT2D eigenvalue weighted by Crippen LogP contribution is 2.23. The number of nitrogens with zero attached hydrogens (tertiary/aromatic N) is 1. The summed E-state index contributed by atoms with van der Waals surface area (Å²) in [6, 6.07) is 9.92. The standard InChI is InChI=1S/C14H17NO2S/c1-14(2,17)12(16)8-13-15-11(9-18-13)10-6-4-3-5-7-10/h3-7,9,12,16-17H,8H2,1-2H3. The van der Waals surface area contributed by atoms with Gasteiger partial charge in [0.05, 0.1) is 22.4 Å². The van der Waals surface area contributed by atoms with Gasteiger partial charge in [-0.15, -0.1) is 11.3 Å². The molecule has 0 aliphatic rings. The molecule has 18 heavy (non-hydrogen) atoms. The van der Waals surface area contributed by atoms with Crippen molar-refractivity contribution in [2.75, 3.05) is 0 Å². The van der Waals surface area contributed by atoms with Crippen LogP contribution in [0.1, 0.15) is 18.9 Å². The first-order valence-electron chi connectivity index (χ1n) is 5.87. The Hall–Kier alpha value is -1.23. The van der Waals surface area contributed by atoms with Gasteiger partial charge < -0.3 is 10.2 Å². The van der Waals surface area contributed by atoms with E-state index in [1.54, 1.807) is 13.8 Å². The molecule has 1 aromatic carbocycles. The summed E-state index contributed by atoms with van der Waals surface area (Å²) >= 11 is 1.51. The van der Waals surface area contributed by atoms with Gasteiger partial charge in [0.15, 0.2) is 0 Å². The third-order valence-electron chi connectivity index (χ3n) is 2.80. The normalized spacial score (nSPS) is 13.6. The van der Waals surface area contributed by atoms with Gasteiger partial charge in [0, 0.05) is 17.4 Å².